The van der Waals surface area contributed by atoms with Crippen molar-refractivity contribution in [2.75, 3.05) is 0 Å². The van der Waals surface area contributed by atoms with Gasteiger partial charge in [0.15, 0.2) is 0 Å². The minimum atomic E-state index is 0.112. The van der Waals surface area contributed by atoms with Crippen molar-refractivity contribution in [1.82, 2.24) is 5.32 Å². The molecule has 0 bridgehead atoms. The van der Waals surface area contributed by atoms with E-state index in [1.54, 1.807) is 0 Å². The molecule has 1 amide bonds. The van der Waals surface area contributed by atoms with E-state index in [0.717, 1.165) is 17.0 Å². The molecule has 1 aromatic carbocycles. The second-order valence-electron chi connectivity index (χ2n) is 3.18. The Labute approximate surface area is 81.9 Å². The fourth-order valence-corrected chi connectivity index (χ4v) is 1.87. The lowest BCUT2D eigenvalue weighted by Gasteiger charge is -2.11. The predicted octanol–water partition coefficient (Wildman–Crippen LogP) is 2.29. The molecule has 1 N–H and O–H groups in total. The van der Waals surface area contributed by atoms with Gasteiger partial charge in [-0.25, -0.2) is 0 Å². The molecule has 1 unspecified atom stereocenters. The lowest BCUT2D eigenvalue weighted by molar-refractivity contribution is -0.119. The van der Waals surface area contributed by atoms with Crippen molar-refractivity contribution < 1.29 is 4.79 Å². The average molecular weight is 196 g/mol. The molecule has 3 heteroatoms. The van der Waals surface area contributed by atoms with E-state index in [4.69, 9.17) is 11.6 Å². The summed E-state index contributed by atoms with van der Waals surface area (Å²) in [7, 11) is 0. The largest absolute Gasteiger partial charge is 0.349 e. The van der Waals surface area contributed by atoms with Crippen LogP contribution in [-0.4, -0.2) is 5.91 Å². The molecule has 1 aromatic rings. The smallest absolute Gasteiger partial charge is 0.220 e. The number of carbonyl (C=O) groups excluding carboxylic acids is 1. The molecule has 0 aliphatic carbocycles. The van der Waals surface area contributed by atoms with Crippen molar-refractivity contribution in [3.63, 3.8) is 0 Å². The van der Waals surface area contributed by atoms with Crippen LogP contribution in [0.25, 0.3) is 0 Å². The van der Waals surface area contributed by atoms with Gasteiger partial charge in [-0.1, -0.05) is 29.8 Å². The van der Waals surface area contributed by atoms with Crippen molar-refractivity contribution >= 4 is 17.5 Å². The Morgan fingerprint density at radius 2 is 2.15 bits per heavy atom. The minimum Gasteiger partial charge on any atom is -0.349 e. The second-order valence-corrected chi connectivity index (χ2v) is 3.59. The normalized spacial score (nSPS) is 21.6. The minimum absolute atomic E-state index is 0.112. The zero-order valence-electron chi connectivity index (χ0n) is 7.09. The molecular formula is C10H10ClNO. The molecule has 0 spiro atoms. The van der Waals surface area contributed by atoms with E-state index >= 15 is 0 Å². The Bertz CT molecular complexity index is 337. The zero-order valence-corrected chi connectivity index (χ0v) is 7.84. The van der Waals surface area contributed by atoms with E-state index in [-0.39, 0.29) is 11.9 Å². The van der Waals surface area contributed by atoms with Crippen molar-refractivity contribution in [3.8, 4) is 0 Å². The van der Waals surface area contributed by atoms with Gasteiger partial charge in [-0.05, 0) is 18.1 Å². The number of hydrogen-bond donors (Lipinski definition) is 1. The first kappa shape index (κ1) is 8.57. The van der Waals surface area contributed by atoms with Gasteiger partial charge in [0.05, 0.1) is 6.04 Å². The first-order valence-electron chi connectivity index (χ1n) is 4.31. The van der Waals surface area contributed by atoms with Gasteiger partial charge in [0, 0.05) is 11.4 Å². The number of halogens is 1. The van der Waals surface area contributed by atoms with Crippen molar-refractivity contribution in [2.24, 2.45) is 0 Å². The standard InChI is InChI=1S/C10H10ClNO/c11-8-4-2-1-3-7(8)9-5-6-10(13)12-9/h1-4,9H,5-6H2,(H,12,13). The van der Waals surface area contributed by atoms with Crippen LogP contribution in [0.5, 0.6) is 0 Å². The van der Waals surface area contributed by atoms with Gasteiger partial charge in [-0.3, -0.25) is 4.79 Å². The second kappa shape index (κ2) is 3.38. The van der Waals surface area contributed by atoms with Gasteiger partial charge in [0.2, 0.25) is 5.91 Å². The van der Waals surface area contributed by atoms with E-state index < -0.39 is 0 Å². The van der Waals surface area contributed by atoms with Crippen molar-refractivity contribution in [3.05, 3.63) is 34.9 Å². The summed E-state index contributed by atoms with van der Waals surface area (Å²) >= 11 is 6.00. The van der Waals surface area contributed by atoms with E-state index in [9.17, 15) is 4.79 Å². The molecule has 13 heavy (non-hydrogen) atoms. The molecule has 1 aliphatic heterocycles. The number of amides is 1. The summed E-state index contributed by atoms with van der Waals surface area (Å²) in [5, 5.41) is 3.62. The van der Waals surface area contributed by atoms with Crippen LogP contribution in [-0.2, 0) is 4.79 Å². The fraction of sp³-hybridized carbons (Fsp3) is 0.300. The van der Waals surface area contributed by atoms with Gasteiger partial charge < -0.3 is 5.32 Å². The summed E-state index contributed by atoms with van der Waals surface area (Å²) in [6.07, 6.45) is 1.46. The molecule has 1 fully saturated rings. The summed E-state index contributed by atoms with van der Waals surface area (Å²) < 4.78 is 0. The third-order valence-corrected chi connectivity index (χ3v) is 2.62. The van der Waals surface area contributed by atoms with Crippen molar-refractivity contribution in [2.45, 2.75) is 18.9 Å². The summed E-state index contributed by atoms with van der Waals surface area (Å²) in [6, 6.07) is 7.75. The average Bonchev–Trinajstić information content (AvgIpc) is 2.53. The summed E-state index contributed by atoms with van der Waals surface area (Å²) in [5.74, 6) is 0.116. The number of rotatable bonds is 1. The SMILES string of the molecule is O=C1CCC(c2ccccc2Cl)N1. The van der Waals surface area contributed by atoms with Crippen molar-refractivity contribution in [1.29, 1.82) is 0 Å². The lowest BCUT2D eigenvalue weighted by atomic mass is 10.1. The van der Waals surface area contributed by atoms with Gasteiger partial charge in [0.1, 0.15) is 0 Å². The summed E-state index contributed by atoms with van der Waals surface area (Å²) in [6.45, 7) is 0. The molecule has 1 atom stereocenters. The highest BCUT2D eigenvalue weighted by Crippen LogP contribution is 2.28. The molecule has 0 saturated carbocycles. The number of nitrogens with one attached hydrogen (secondary N) is 1. The quantitative estimate of drug-likeness (QED) is 0.732. The zero-order chi connectivity index (χ0) is 9.26. The highest BCUT2D eigenvalue weighted by atomic mass is 35.5. The lowest BCUT2D eigenvalue weighted by Crippen LogP contribution is -2.18. The van der Waals surface area contributed by atoms with Crippen LogP contribution in [0, 0.1) is 0 Å². The highest BCUT2D eigenvalue weighted by Gasteiger charge is 2.23. The fourth-order valence-electron chi connectivity index (χ4n) is 1.61. The Balaban J connectivity index is 2.26. The van der Waals surface area contributed by atoms with Crippen LogP contribution >= 0.6 is 11.6 Å². The van der Waals surface area contributed by atoms with E-state index in [0.29, 0.717) is 6.42 Å². The monoisotopic (exact) mass is 195 g/mol. The maximum absolute atomic E-state index is 11.0. The first-order valence-corrected chi connectivity index (χ1v) is 4.69. The van der Waals surface area contributed by atoms with Crippen LogP contribution in [0.15, 0.2) is 24.3 Å². The Kier molecular flexibility index (Phi) is 2.23. The molecule has 2 rings (SSSR count). The summed E-state index contributed by atoms with van der Waals surface area (Å²) in [5.41, 5.74) is 1.02. The molecule has 2 nitrogen and oxygen atoms in total. The molecule has 1 heterocycles. The highest BCUT2D eigenvalue weighted by molar-refractivity contribution is 6.31. The van der Waals surface area contributed by atoms with Gasteiger partial charge >= 0.3 is 0 Å². The molecule has 68 valence electrons. The molecule has 1 saturated heterocycles. The maximum Gasteiger partial charge on any atom is 0.220 e. The van der Waals surface area contributed by atoms with Crippen LogP contribution < -0.4 is 5.32 Å². The van der Waals surface area contributed by atoms with Crippen LogP contribution in [0.3, 0.4) is 0 Å². The van der Waals surface area contributed by atoms with Gasteiger partial charge in [-0.15, -0.1) is 0 Å². The van der Waals surface area contributed by atoms with E-state index in [1.165, 1.54) is 0 Å². The van der Waals surface area contributed by atoms with Gasteiger partial charge in [0.25, 0.3) is 0 Å². The predicted molar refractivity (Wildman–Crippen MR) is 51.6 cm³/mol. The van der Waals surface area contributed by atoms with Crippen LogP contribution in [0.4, 0.5) is 0 Å². The van der Waals surface area contributed by atoms with Crippen LogP contribution in [0.2, 0.25) is 5.02 Å². The Hall–Kier alpha value is -1.02. The topological polar surface area (TPSA) is 29.1 Å². The third-order valence-electron chi connectivity index (χ3n) is 2.28. The van der Waals surface area contributed by atoms with Gasteiger partial charge in [-0.2, -0.15) is 0 Å². The van der Waals surface area contributed by atoms with E-state index in [2.05, 4.69) is 5.32 Å². The molecular weight excluding hydrogens is 186 g/mol. The number of benzene rings is 1. The Morgan fingerprint density at radius 3 is 2.77 bits per heavy atom. The number of carbonyl (C=O) groups is 1. The molecule has 0 aromatic heterocycles. The Morgan fingerprint density at radius 1 is 1.38 bits per heavy atom. The molecule has 0 radical (unpaired) electrons. The van der Waals surface area contributed by atoms with Crippen LogP contribution in [0.1, 0.15) is 24.4 Å². The third kappa shape index (κ3) is 1.68. The number of hydrogen-bond acceptors (Lipinski definition) is 1. The molecule has 1 aliphatic rings. The first-order chi connectivity index (χ1) is 6.27. The van der Waals surface area contributed by atoms with E-state index in [1.807, 2.05) is 24.3 Å². The maximum atomic E-state index is 11.0. The summed E-state index contributed by atoms with van der Waals surface area (Å²) in [4.78, 5) is 11.0.